The van der Waals surface area contributed by atoms with Crippen LogP contribution in [-0.4, -0.2) is 46.8 Å². The molecule has 2 heterocycles. The van der Waals surface area contributed by atoms with Gasteiger partial charge in [0.15, 0.2) is 0 Å². The van der Waals surface area contributed by atoms with Crippen LogP contribution in [0.25, 0.3) is 0 Å². The van der Waals surface area contributed by atoms with Crippen LogP contribution in [0.15, 0.2) is 4.79 Å². The molecular weight excluding hydrogens is 284 g/mol. The van der Waals surface area contributed by atoms with Gasteiger partial charge in [-0.2, -0.15) is 0 Å². The molecule has 1 aromatic rings. The molecule has 1 aromatic heterocycles. The molecule has 1 saturated heterocycles. The summed E-state index contributed by atoms with van der Waals surface area (Å²) in [6.45, 7) is 4.55. The SMILES string of the molecule is CNC(=O)C1CCN(C(=O)Cc2c(C)nc(C)[nH]c2=O)CC1. The fourth-order valence-corrected chi connectivity index (χ4v) is 2.82. The van der Waals surface area contributed by atoms with E-state index >= 15 is 0 Å². The van der Waals surface area contributed by atoms with E-state index in [0.717, 1.165) is 0 Å². The van der Waals surface area contributed by atoms with E-state index in [1.165, 1.54) is 0 Å². The second-order valence-corrected chi connectivity index (χ2v) is 5.66. The highest BCUT2D eigenvalue weighted by Gasteiger charge is 2.27. The number of hydrogen-bond acceptors (Lipinski definition) is 4. The van der Waals surface area contributed by atoms with E-state index in [1.807, 2.05) is 0 Å². The maximum Gasteiger partial charge on any atom is 0.254 e. The molecule has 120 valence electrons. The van der Waals surface area contributed by atoms with Gasteiger partial charge in [0.25, 0.3) is 5.56 Å². The first-order valence-corrected chi connectivity index (χ1v) is 7.48. The van der Waals surface area contributed by atoms with Crippen LogP contribution in [0.4, 0.5) is 0 Å². The van der Waals surface area contributed by atoms with Crippen LogP contribution >= 0.6 is 0 Å². The van der Waals surface area contributed by atoms with Gasteiger partial charge in [-0.3, -0.25) is 14.4 Å². The second-order valence-electron chi connectivity index (χ2n) is 5.66. The van der Waals surface area contributed by atoms with Gasteiger partial charge in [-0.05, 0) is 26.7 Å². The summed E-state index contributed by atoms with van der Waals surface area (Å²) in [6.07, 6.45) is 1.37. The molecule has 0 aliphatic carbocycles. The van der Waals surface area contributed by atoms with E-state index in [0.29, 0.717) is 43.0 Å². The summed E-state index contributed by atoms with van der Waals surface area (Å²) in [4.78, 5) is 44.4. The minimum absolute atomic E-state index is 0.0276. The minimum Gasteiger partial charge on any atom is -0.359 e. The van der Waals surface area contributed by atoms with Gasteiger partial charge in [0.05, 0.1) is 6.42 Å². The van der Waals surface area contributed by atoms with Crippen LogP contribution in [0.2, 0.25) is 0 Å². The Morgan fingerprint density at radius 1 is 1.32 bits per heavy atom. The molecule has 1 aliphatic heterocycles. The summed E-state index contributed by atoms with van der Waals surface area (Å²) in [7, 11) is 1.62. The highest BCUT2D eigenvalue weighted by Crippen LogP contribution is 2.18. The van der Waals surface area contributed by atoms with Gasteiger partial charge in [-0.25, -0.2) is 4.98 Å². The lowest BCUT2D eigenvalue weighted by Crippen LogP contribution is -2.43. The maximum atomic E-state index is 12.3. The standard InChI is InChI=1S/C15H22N4O3/c1-9-12(15(22)18-10(2)17-9)8-13(20)19-6-4-11(5-7-19)14(21)16-3/h11H,4-8H2,1-3H3,(H,16,21)(H,17,18,22). The number of nitrogens with one attached hydrogen (secondary N) is 2. The smallest absolute Gasteiger partial charge is 0.254 e. The third-order valence-electron chi connectivity index (χ3n) is 4.13. The van der Waals surface area contributed by atoms with E-state index in [1.54, 1.807) is 25.8 Å². The summed E-state index contributed by atoms with van der Waals surface area (Å²) < 4.78 is 0. The number of rotatable bonds is 3. The van der Waals surface area contributed by atoms with Crippen molar-refractivity contribution in [3.05, 3.63) is 27.4 Å². The lowest BCUT2D eigenvalue weighted by atomic mass is 9.95. The molecular formula is C15H22N4O3. The number of likely N-dealkylation sites (tertiary alicyclic amines) is 1. The van der Waals surface area contributed by atoms with Crippen molar-refractivity contribution in [2.75, 3.05) is 20.1 Å². The summed E-state index contributed by atoms with van der Waals surface area (Å²) in [5, 5.41) is 2.64. The average Bonchev–Trinajstić information content (AvgIpc) is 2.50. The van der Waals surface area contributed by atoms with Crippen molar-refractivity contribution < 1.29 is 9.59 Å². The molecule has 22 heavy (non-hydrogen) atoms. The van der Waals surface area contributed by atoms with Crippen molar-refractivity contribution in [3.8, 4) is 0 Å². The fraction of sp³-hybridized carbons (Fsp3) is 0.600. The Balaban J connectivity index is 2.00. The molecule has 0 radical (unpaired) electrons. The Morgan fingerprint density at radius 2 is 1.95 bits per heavy atom. The number of aryl methyl sites for hydroxylation is 2. The summed E-state index contributed by atoms with van der Waals surface area (Å²) in [5.74, 6) is 0.460. The Kier molecular flexibility index (Phi) is 4.95. The van der Waals surface area contributed by atoms with Crippen molar-refractivity contribution in [1.82, 2.24) is 20.2 Å². The van der Waals surface area contributed by atoms with Crippen LogP contribution in [0, 0.1) is 19.8 Å². The molecule has 0 bridgehead atoms. The summed E-state index contributed by atoms with van der Waals surface area (Å²) >= 11 is 0. The molecule has 7 heteroatoms. The zero-order valence-corrected chi connectivity index (χ0v) is 13.2. The highest BCUT2D eigenvalue weighted by molar-refractivity contribution is 5.81. The number of aromatic amines is 1. The zero-order valence-electron chi connectivity index (χ0n) is 13.2. The number of nitrogens with zero attached hydrogens (tertiary/aromatic N) is 2. The van der Waals surface area contributed by atoms with E-state index < -0.39 is 0 Å². The van der Waals surface area contributed by atoms with E-state index in [4.69, 9.17) is 0 Å². The number of H-pyrrole nitrogens is 1. The van der Waals surface area contributed by atoms with Gasteiger partial charge in [0.2, 0.25) is 11.8 Å². The first-order chi connectivity index (χ1) is 10.4. The molecule has 0 saturated carbocycles. The number of carbonyl (C=O) groups excluding carboxylic acids is 2. The molecule has 1 fully saturated rings. The summed E-state index contributed by atoms with van der Waals surface area (Å²) in [6, 6.07) is 0. The van der Waals surface area contributed by atoms with Crippen molar-refractivity contribution in [1.29, 1.82) is 0 Å². The first kappa shape index (κ1) is 16.2. The third kappa shape index (κ3) is 3.52. The zero-order chi connectivity index (χ0) is 16.3. The number of hydrogen-bond donors (Lipinski definition) is 2. The van der Waals surface area contributed by atoms with Gasteiger partial charge in [-0.1, -0.05) is 0 Å². The Morgan fingerprint density at radius 3 is 2.50 bits per heavy atom. The Hall–Kier alpha value is -2.18. The molecule has 0 aromatic carbocycles. The quantitative estimate of drug-likeness (QED) is 0.816. The Bertz CT molecular complexity index is 630. The third-order valence-corrected chi connectivity index (χ3v) is 4.13. The van der Waals surface area contributed by atoms with E-state index in [9.17, 15) is 14.4 Å². The molecule has 1 aliphatic rings. The molecule has 2 rings (SSSR count). The molecule has 0 atom stereocenters. The maximum absolute atomic E-state index is 12.3. The first-order valence-electron chi connectivity index (χ1n) is 7.48. The molecule has 0 spiro atoms. The molecule has 2 N–H and O–H groups in total. The number of piperidine rings is 1. The van der Waals surface area contributed by atoms with Crippen LogP contribution < -0.4 is 10.9 Å². The van der Waals surface area contributed by atoms with E-state index in [2.05, 4.69) is 15.3 Å². The predicted octanol–water partition coefficient (Wildman–Crippen LogP) is -0.0862. The molecule has 7 nitrogen and oxygen atoms in total. The van der Waals surface area contributed by atoms with Crippen LogP contribution in [0.3, 0.4) is 0 Å². The van der Waals surface area contributed by atoms with Crippen molar-refractivity contribution in [2.24, 2.45) is 5.92 Å². The predicted molar refractivity (Wildman–Crippen MR) is 81.4 cm³/mol. The number of carbonyl (C=O) groups is 2. The average molecular weight is 306 g/mol. The van der Waals surface area contributed by atoms with Crippen molar-refractivity contribution in [3.63, 3.8) is 0 Å². The Labute approximate surface area is 129 Å². The van der Waals surface area contributed by atoms with Gasteiger partial charge >= 0.3 is 0 Å². The lowest BCUT2D eigenvalue weighted by molar-refractivity contribution is -0.135. The van der Waals surface area contributed by atoms with E-state index in [-0.39, 0.29) is 29.7 Å². The fourth-order valence-electron chi connectivity index (χ4n) is 2.82. The van der Waals surface area contributed by atoms with Crippen LogP contribution in [0.1, 0.15) is 29.9 Å². The van der Waals surface area contributed by atoms with Gasteiger partial charge < -0.3 is 15.2 Å². The normalized spacial score (nSPS) is 15.7. The monoisotopic (exact) mass is 306 g/mol. The second kappa shape index (κ2) is 6.72. The lowest BCUT2D eigenvalue weighted by Gasteiger charge is -2.31. The summed E-state index contributed by atoms with van der Waals surface area (Å²) in [5.41, 5.74) is 0.762. The van der Waals surface area contributed by atoms with Crippen LogP contribution in [-0.2, 0) is 16.0 Å². The van der Waals surface area contributed by atoms with Crippen molar-refractivity contribution >= 4 is 11.8 Å². The van der Waals surface area contributed by atoms with Gasteiger partial charge in [-0.15, -0.1) is 0 Å². The van der Waals surface area contributed by atoms with Crippen molar-refractivity contribution in [2.45, 2.75) is 33.1 Å². The number of aromatic nitrogens is 2. The topological polar surface area (TPSA) is 95.2 Å². The largest absolute Gasteiger partial charge is 0.359 e. The highest BCUT2D eigenvalue weighted by atomic mass is 16.2. The minimum atomic E-state index is -0.251. The van der Waals surface area contributed by atoms with Gasteiger partial charge in [0.1, 0.15) is 5.82 Å². The van der Waals surface area contributed by atoms with Gasteiger partial charge in [0, 0.05) is 37.3 Å². The molecule has 2 amide bonds. The number of amides is 2. The molecule has 0 unspecified atom stereocenters. The van der Waals surface area contributed by atoms with Crippen LogP contribution in [0.5, 0.6) is 0 Å².